The number of rotatable bonds is 20. The number of aliphatic hydroxyl groups excluding tert-OH is 2. The molecule has 1 aromatic heterocycles. The molecule has 8 aliphatic carbocycles. The smallest absolute Gasteiger partial charge is 0.306 e. The van der Waals surface area contributed by atoms with Gasteiger partial charge in [-0.2, -0.15) is 0 Å². The molecule has 0 radical (unpaired) electrons. The number of carbonyl (C=O) groups is 6. The fourth-order valence-corrected chi connectivity index (χ4v) is 22.9. The number of aryl methyl sites for hydroxylation is 3. The topological polar surface area (TPSA) is 197 Å². The highest BCUT2D eigenvalue weighted by Gasteiger charge is 2.76. The van der Waals surface area contributed by atoms with Gasteiger partial charge in [-0.05, 0) is 186 Å². The number of aliphatic imine (C=N–C) groups is 1. The molecule has 0 bridgehead atoms. The van der Waals surface area contributed by atoms with Crippen molar-refractivity contribution < 1.29 is 57.9 Å². The zero-order valence-corrected chi connectivity index (χ0v) is 66.6. The van der Waals surface area contributed by atoms with Gasteiger partial charge in [-0.25, -0.2) is 0 Å². The molecule has 17 heteroatoms. The molecule has 6 saturated carbocycles. The average molecular weight is 1530 g/mol. The van der Waals surface area contributed by atoms with Crippen LogP contribution in [0, 0.1) is 69.0 Å². The number of allylic oxidation sites excluding steroid dienone is 4. The molecule has 1 unspecified atom stereocenters. The van der Waals surface area contributed by atoms with Crippen molar-refractivity contribution in [2.24, 2.45) is 74.0 Å². The normalized spacial score (nSPS) is 34.4. The van der Waals surface area contributed by atoms with E-state index in [0.29, 0.717) is 32.1 Å². The fraction of sp³-hybridized carbons (Fsp3) is 0.598. The van der Waals surface area contributed by atoms with Crippen molar-refractivity contribution in [1.82, 2.24) is 4.57 Å². The third-order valence-electron chi connectivity index (χ3n) is 26.8. The Morgan fingerprint density at radius 1 is 0.558 bits per heavy atom. The number of hydrogen-bond donors (Lipinski definition) is 2. The molecule has 0 saturated heterocycles. The first-order valence-electron chi connectivity index (χ1n) is 38.6. The number of halogens is 3. The van der Waals surface area contributed by atoms with Gasteiger partial charge in [-0.15, -0.1) is 23.2 Å². The summed E-state index contributed by atoms with van der Waals surface area (Å²) in [5.41, 5.74) is 9.75. The summed E-state index contributed by atoms with van der Waals surface area (Å²) in [5.74, 6) is -4.01. The molecule has 14 nitrogen and oxygen atoms in total. The average Bonchev–Trinajstić information content (AvgIpc) is 1.48. The number of benzene rings is 3. The van der Waals surface area contributed by atoms with Crippen LogP contribution in [-0.4, -0.2) is 109 Å². The molecule has 13 rings (SSSR count). The van der Waals surface area contributed by atoms with Gasteiger partial charge in [0, 0.05) is 82.9 Å². The van der Waals surface area contributed by atoms with Gasteiger partial charge >= 0.3 is 23.9 Å². The highest BCUT2D eigenvalue weighted by atomic mass is 79.9. The van der Waals surface area contributed by atoms with Gasteiger partial charge in [0.05, 0.1) is 24.0 Å². The number of nitrogens with zero attached hydrogens (tertiary/aromatic N) is 2. The van der Waals surface area contributed by atoms with Crippen LogP contribution in [-0.2, 0) is 91.7 Å². The molecule has 2 N–H and O–H groups in total. The van der Waals surface area contributed by atoms with Crippen molar-refractivity contribution in [3.63, 3.8) is 0 Å². The van der Waals surface area contributed by atoms with Crippen LogP contribution in [0.15, 0.2) is 119 Å². The Kier molecular flexibility index (Phi) is 24.1. The largest absolute Gasteiger partial charge is 0.457 e. The lowest BCUT2D eigenvalue weighted by Gasteiger charge is -2.62. The van der Waals surface area contributed by atoms with Crippen LogP contribution in [0.3, 0.4) is 0 Å². The van der Waals surface area contributed by atoms with E-state index in [9.17, 15) is 39.0 Å². The van der Waals surface area contributed by atoms with Crippen molar-refractivity contribution in [3.05, 3.63) is 159 Å². The fourth-order valence-electron chi connectivity index (χ4n) is 21.5. The highest BCUT2D eigenvalue weighted by Crippen LogP contribution is 2.73. The number of aromatic nitrogens is 1. The maximum atomic E-state index is 14.2. The summed E-state index contributed by atoms with van der Waals surface area (Å²) in [7, 11) is 0. The summed E-state index contributed by atoms with van der Waals surface area (Å²) in [6, 6.07) is 28.6. The van der Waals surface area contributed by atoms with Crippen LogP contribution in [0.4, 0.5) is 0 Å². The van der Waals surface area contributed by atoms with Gasteiger partial charge in [-0.3, -0.25) is 33.8 Å². The van der Waals surface area contributed by atoms with E-state index in [1.807, 2.05) is 27.7 Å². The zero-order valence-electron chi connectivity index (χ0n) is 63.5. The molecule has 4 aromatic rings. The van der Waals surface area contributed by atoms with Gasteiger partial charge in [0.2, 0.25) is 11.6 Å². The van der Waals surface area contributed by atoms with E-state index in [1.54, 1.807) is 27.7 Å². The third kappa shape index (κ3) is 14.2. The summed E-state index contributed by atoms with van der Waals surface area (Å²) in [6.07, 6.45) is 16.8. The predicted octanol–water partition coefficient (Wildman–Crippen LogP) is 16.8. The van der Waals surface area contributed by atoms with Crippen molar-refractivity contribution in [2.45, 2.75) is 245 Å². The quantitative estimate of drug-likeness (QED) is 0.0483. The van der Waals surface area contributed by atoms with Crippen LogP contribution >= 0.6 is 39.1 Å². The summed E-state index contributed by atoms with van der Waals surface area (Å²) in [4.78, 5) is 83.6. The number of esters is 4. The Morgan fingerprint density at radius 2 is 0.971 bits per heavy atom. The summed E-state index contributed by atoms with van der Waals surface area (Å²) >= 11 is 18.2. The van der Waals surface area contributed by atoms with Crippen molar-refractivity contribution in [3.8, 4) is 0 Å². The molecule has 0 amide bonds. The molecule has 1 aliphatic heterocycles. The van der Waals surface area contributed by atoms with Crippen LogP contribution in [0.25, 0.3) is 6.08 Å². The number of Topliss-reactive ketones (excluding diaryl/α,β-unsaturated/α-hetero) is 2. The van der Waals surface area contributed by atoms with Crippen LogP contribution < -0.4 is 0 Å². The van der Waals surface area contributed by atoms with Gasteiger partial charge in [0.15, 0.2) is 24.4 Å². The first-order valence-corrected chi connectivity index (χ1v) is 40.6. The Hall–Kier alpha value is -5.97. The minimum atomic E-state index is -1.53. The van der Waals surface area contributed by atoms with E-state index in [-0.39, 0.29) is 107 Å². The molecule has 6 fully saturated rings. The molecular weight excluding hydrogens is 1420 g/mol. The molecule has 3 aromatic carbocycles. The molecule has 562 valence electrons. The van der Waals surface area contributed by atoms with Crippen molar-refractivity contribution >= 4 is 86.4 Å². The maximum Gasteiger partial charge on any atom is 0.306 e. The number of aliphatic hydroxyl groups is 2. The molecule has 0 spiro atoms. The minimum Gasteiger partial charge on any atom is -0.457 e. The molecule has 2 heterocycles. The molecular formula is C87H111BrCl2N2O12. The summed E-state index contributed by atoms with van der Waals surface area (Å²) < 4.78 is 25.4. The second-order valence-electron chi connectivity index (χ2n) is 32.5. The number of ether oxygens (including phenoxy) is 4. The van der Waals surface area contributed by atoms with Gasteiger partial charge in [0.1, 0.15) is 0 Å². The lowest BCUT2D eigenvalue weighted by molar-refractivity contribution is -0.207. The number of fused-ring (bicyclic) bond motifs is 12. The second kappa shape index (κ2) is 31.7. The van der Waals surface area contributed by atoms with E-state index in [1.165, 1.54) is 61.4 Å². The third-order valence-corrected chi connectivity index (χ3v) is 28.3. The number of alkyl halides is 3. The zero-order chi connectivity index (χ0) is 75.2. The molecule has 9 aliphatic rings. The van der Waals surface area contributed by atoms with E-state index in [4.69, 9.17) is 47.1 Å². The first-order chi connectivity index (χ1) is 49.5. The monoisotopic (exact) mass is 1520 g/mol. The Bertz CT molecular complexity index is 3970. The molecule has 19 atom stereocenters. The number of ketones is 2. The molecule has 104 heavy (non-hydrogen) atoms. The number of hydrogen-bond acceptors (Lipinski definition) is 13. The van der Waals surface area contributed by atoms with Crippen LogP contribution in [0.5, 0.6) is 0 Å². The van der Waals surface area contributed by atoms with Crippen LogP contribution in [0.1, 0.15) is 205 Å². The van der Waals surface area contributed by atoms with Crippen LogP contribution in [0.2, 0.25) is 0 Å². The highest BCUT2D eigenvalue weighted by molar-refractivity contribution is 9.08. The summed E-state index contributed by atoms with van der Waals surface area (Å²) in [5, 5.41) is 24.9. The summed E-state index contributed by atoms with van der Waals surface area (Å²) in [6.45, 7) is 25.6. The lowest BCUT2D eigenvalue weighted by atomic mass is 9.45. The van der Waals surface area contributed by atoms with E-state index in [0.717, 1.165) is 56.1 Å². The predicted molar refractivity (Wildman–Crippen MR) is 412 cm³/mol. The van der Waals surface area contributed by atoms with Crippen molar-refractivity contribution in [1.29, 1.82) is 0 Å². The lowest BCUT2D eigenvalue weighted by Crippen LogP contribution is -2.66. The Labute approximate surface area is 635 Å². The Morgan fingerprint density at radius 3 is 1.40 bits per heavy atom. The van der Waals surface area contributed by atoms with E-state index < -0.39 is 82.9 Å². The van der Waals surface area contributed by atoms with Crippen molar-refractivity contribution in [2.75, 3.05) is 13.2 Å². The van der Waals surface area contributed by atoms with E-state index >= 15 is 0 Å². The minimum absolute atomic E-state index is 0.0701. The van der Waals surface area contributed by atoms with Gasteiger partial charge in [0.25, 0.3) is 0 Å². The maximum absolute atomic E-state index is 14.2. The van der Waals surface area contributed by atoms with Gasteiger partial charge in [-0.1, -0.05) is 196 Å². The SMILES string of the molecule is CCC(=O)OCC(=O)[C@@]1(OC(=O)CC)[C@H](C)C[C@H]2[C@H]3[C@H]([C@@H](O)C[C@@]21C)[C@@]1(C)CC2=CC(Cc4ccc(CC)cc4)N=C2C=C1C[C@H]3Cl.CCC(=O)OCC(=O)[C@@]1(OC(=O)CC)[C@H](C)C[C@H]2[C@H]3[C@H]([C@@H](O)C[C@@]21C)[C@@]1(C)Cc2ccn(Cc4ccc(CC)cc4)c2C=C1C[C@H]3Cl.CCc1ccc(CBr)cc1. The second-order valence-corrected chi connectivity index (χ2v) is 34.2. The van der Waals surface area contributed by atoms with E-state index in [2.05, 4.69) is 158 Å². The van der Waals surface area contributed by atoms with Gasteiger partial charge < -0.3 is 33.7 Å². The standard InChI is InChI=1S/2C39H50ClNO6.C9H11Br/c1-7-23-10-12-24(13-11-23)15-27-16-25-19-37(5)26(18-30(25)41-27)17-29(40)35-28-14-22(4)39(47-34(45)9-3,32(43)21-46-33(44)8-2)38(28,6)20-31(42)36(35)37;1-7-24-10-12-25(13-11-24)21-41-15-14-26-19-37(5)27(18-30(26)41)17-29(40)35-28-16-23(4)39(47-34(45)9-3,32(43)22-46-33(44)8-2)38(28,6)20-31(42)36(35)37;1-2-8-3-5-9(7-10)6-4-8/h10-13,16,18,22,27-29,31,35-36,42H,7-9,14-15,17,19-21H2,1-6H3;10-15,18,23,28-29,31,35-36,42H,7-9,16-17,19-22H2,1-6H3;3-6H,2,7H2,1H3/t22-,27?,28+,29-,31+,35-,36+,37+,38+,39+;23-,28+,29-,31+,35-,36+,37+,38+,39+;/m11./s1. The Balaban J connectivity index is 0.000000183. The first kappa shape index (κ1) is 79.1. The number of carbonyl (C=O) groups excluding carboxylic acids is 6.